The molecule has 60 heavy (non-hydrogen) atoms. The first kappa shape index (κ1) is 44.7. The lowest BCUT2D eigenvalue weighted by atomic mass is 9.24. The molecular weight excluding hydrogens is 765 g/mol. The van der Waals surface area contributed by atoms with Gasteiger partial charge in [-0.3, -0.25) is 4.79 Å². The van der Waals surface area contributed by atoms with Gasteiger partial charge in [0.05, 0.1) is 38.1 Å². The van der Waals surface area contributed by atoms with E-state index in [0.29, 0.717) is 25.9 Å². The van der Waals surface area contributed by atoms with E-state index in [4.69, 9.17) is 14.2 Å². The number of aliphatic hydroxyl groups is 6. The molecule has 0 aromatic heterocycles. The third-order valence-electron chi connectivity index (χ3n) is 19.2. The lowest BCUT2D eigenvalue weighted by Gasteiger charge is -2.80. The number of unbranched alkanes of at least 4 members (excludes halogenated alkanes) is 2. The second-order valence-electron chi connectivity index (χ2n) is 21.8. The largest absolute Gasteiger partial charge is 0.481 e. The van der Waals surface area contributed by atoms with E-state index in [2.05, 4.69) is 33.8 Å². The highest BCUT2D eigenvalue weighted by molar-refractivity contribution is 5.78. The van der Waals surface area contributed by atoms with Crippen molar-refractivity contribution in [1.82, 2.24) is 0 Å². The Morgan fingerprint density at radius 3 is 2.33 bits per heavy atom. The second kappa shape index (κ2) is 15.9. The Kier molecular flexibility index (Phi) is 11.9. The summed E-state index contributed by atoms with van der Waals surface area (Å²) in [6, 6.07) is 9.98. The zero-order chi connectivity index (χ0) is 43.1. The van der Waals surface area contributed by atoms with Gasteiger partial charge in [-0.05, 0) is 109 Å². The number of fused-ring (bicyclic) bond motifs is 3. The monoisotopic (exact) mass is 839 g/mol. The number of benzene rings is 1. The Hall–Kier alpha value is -1.93. The van der Waals surface area contributed by atoms with Crippen molar-refractivity contribution >= 4 is 5.97 Å². The molecule has 1 heterocycles. The third-order valence-corrected chi connectivity index (χ3v) is 19.2. The molecule has 17 atom stereocenters. The van der Waals surface area contributed by atoms with Crippen molar-refractivity contribution in [3.63, 3.8) is 0 Å². The van der Waals surface area contributed by atoms with Crippen molar-refractivity contribution in [2.24, 2.45) is 55.7 Å². The number of carboxylic acids is 1. The lowest BCUT2D eigenvalue weighted by Crippen LogP contribution is -2.76. The van der Waals surface area contributed by atoms with Gasteiger partial charge in [0.15, 0.2) is 6.29 Å². The predicted molar refractivity (Wildman–Crippen MR) is 224 cm³/mol. The van der Waals surface area contributed by atoms with Gasteiger partial charge < -0.3 is 50.0 Å². The van der Waals surface area contributed by atoms with E-state index >= 15 is 0 Å². The van der Waals surface area contributed by atoms with Crippen molar-refractivity contribution in [3.8, 4) is 0 Å². The van der Waals surface area contributed by atoms with Crippen LogP contribution in [0.5, 0.6) is 0 Å². The molecule has 336 valence electrons. The van der Waals surface area contributed by atoms with Gasteiger partial charge in [-0.15, -0.1) is 0 Å². The summed E-state index contributed by atoms with van der Waals surface area (Å²) in [5.74, 6) is -1.27. The van der Waals surface area contributed by atoms with E-state index in [-0.39, 0.29) is 65.7 Å². The summed E-state index contributed by atoms with van der Waals surface area (Å²) in [7, 11) is 0. The summed E-state index contributed by atoms with van der Waals surface area (Å²) >= 11 is 0. The highest BCUT2D eigenvalue weighted by atomic mass is 16.7. The molecule has 17 unspecified atom stereocenters. The Labute approximate surface area is 356 Å². The van der Waals surface area contributed by atoms with E-state index in [1.165, 1.54) is 5.57 Å². The van der Waals surface area contributed by atoms with Crippen molar-refractivity contribution < 1.29 is 54.8 Å². The topological polar surface area (TPSA) is 186 Å². The first-order chi connectivity index (χ1) is 28.5. The minimum Gasteiger partial charge on any atom is -0.481 e. The predicted octanol–water partition coefficient (Wildman–Crippen LogP) is 6.15. The Morgan fingerprint density at radius 1 is 0.900 bits per heavy atom. The van der Waals surface area contributed by atoms with Gasteiger partial charge in [0, 0.05) is 17.4 Å². The fraction of sp³-hybridized carbons (Fsp3) is 0.816. The molecule has 0 radical (unpaired) electrons. The smallest absolute Gasteiger partial charge is 0.312 e. The Bertz CT molecular complexity index is 1760. The summed E-state index contributed by atoms with van der Waals surface area (Å²) in [4.78, 5) is 13.8. The van der Waals surface area contributed by atoms with Crippen molar-refractivity contribution in [1.29, 1.82) is 0 Å². The first-order valence-corrected chi connectivity index (χ1v) is 23.3. The number of hydrogen-bond acceptors (Lipinski definition) is 10. The van der Waals surface area contributed by atoms with E-state index in [0.717, 1.165) is 69.8 Å². The average Bonchev–Trinajstić information content (AvgIpc) is 3.21. The van der Waals surface area contributed by atoms with Crippen LogP contribution in [0.3, 0.4) is 0 Å². The Morgan fingerprint density at radius 2 is 1.65 bits per heavy atom. The number of aliphatic hydroxyl groups excluding tert-OH is 6. The molecule has 8 rings (SSSR count). The van der Waals surface area contributed by atoms with Crippen LogP contribution in [-0.4, -0.2) is 104 Å². The molecule has 1 aromatic rings. The van der Waals surface area contributed by atoms with Gasteiger partial charge in [0.2, 0.25) is 0 Å². The van der Waals surface area contributed by atoms with Gasteiger partial charge in [-0.25, -0.2) is 0 Å². The van der Waals surface area contributed by atoms with Crippen LogP contribution in [0.1, 0.15) is 130 Å². The molecule has 1 aliphatic heterocycles. The van der Waals surface area contributed by atoms with Crippen LogP contribution in [-0.2, 0) is 25.6 Å². The molecule has 1 spiro atoms. The van der Waals surface area contributed by atoms with Gasteiger partial charge in [0.25, 0.3) is 0 Å². The number of carbonyl (C=O) groups is 1. The van der Waals surface area contributed by atoms with Crippen LogP contribution in [0.25, 0.3) is 0 Å². The van der Waals surface area contributed by atoms with Gasteiger partial charge in [-0.2, -0.15) is 0 Å². The molecule has 5 saturated carbocycles. The number of carboxylic acid groups (broad SMARTS) is 1. The van der Waals surface area contributed by atoms with Crippen LogP contribution in [0, 0.1) is 55.7 Å². The third kappa shape index (κ3) is 6.17. The molecule has 1 aromatic carbocycles. The van der Waals surface area contributed by atoms with Crippen molar-refractivity contribution in [2.45, 2.75) is 174 Å². The quantitative estimate of drug-likeness (QED) is 0.0728. The van der Waals surface area contributed by atoms with Crippen LogP contribution in [0.2, 0.25) is 0 Å². The second-order valence-corrected chi connectivity index (χ2v) is 21.8. The summed E-state index contributed by atoms with van der Waals surface area (Å²) in [6.45, 7) is 11.1. The van der Waals surface area contributed by atoms with Gasteiger partial charge >= 0.3 is 5.97 Å². The fourth-order valence-corrected chi connectivity index (χ4v) is 16.3. The normalized spacial score (nSPS) is 49.8. The molecule has 2 bridgehead atoms. The highest BCUT2D eigenvalue weighted by Crippen LogP contribution is 2.85. The molecule has 6 fully saturated rings. The lowest BCUT2D eigenvalue weighted by molar-refractivity contribution is -0.349. The van der Waals surface area contributed by atoms with Crippen LogP contribution in [0.4, 0.5) is 0 Å². The minimum absolute atomic E-state index is 0.0274. The molecule has 11 heteroatoms. The maximum atomic E-state index is 13.8. The van der Waals surface area contributed by atoms with Crippen LogP contribution in [0.15, 0.2) is 42.0 Å². The fourth-order valence-electron chi connectivity index (χ4n) is 16.3. The molecule has 7 N–H and O–H groups in total. The molecular formula is C49H74O11. The zero-order valence-electron chi connectivity index (χ0n) is 36.7. The van der Waals surface area contributed by atoms with Gasteiger partial charge in [-0.1, -0.05) is 102 Å². The van der Waals surface area contributed by atoms with E-state index in [9.17, 15) is 40.5 Å². The number of hydrogen-bond donors (Lipinski definition) is 7. The van der Waals surface area contributed by atoms with Crippen LogP contribution >= 0.6 is 0 Å². The zero-order valence-corrected chi connectivity index (χ0v) is 36.7. The Balaban J connectivity index is 1.26. The summed E-state index contributed by atoms with van der Waals surface area (Å²) in [5, 5.41) is 78.1. The standard InChI is InChI=1S/C49H74O11/c1-6-7-9-15-31-22-48(42(56)57)33(23-43(2,28-50)25-37(48)53)32-16-21-47-18-12-19-49(31,32)46(47,5)20-17-36-44(3,29-51)40(60-41-39(55)38(54)34(52)27-59-41)35(24-45(36,47)4)58-26-30-13-10-8-11-14-30/h8,10-11,13-14,16,31,33-41,50-55H,6-7,9,12,15,17-29H2,1-5H3,(H,56,57). The van der Waals surface area contributed by atoms with Gasteiger partial charge in [0.1, 0.15) is 23.7 Å². The number of allylic oxidation sites excluding steroid dienone is 2. The SMILES string of the molecule is CCCCCC1CC2(C(=O)O)C(O)CC(C)(CO)CC2C2=CCC34CCCC21C3(C)CCC1C(C)(CO)C(OC2OCC(O)C(O)C2O)C(OCc2ccccc2)CC14C. The van der Waals surface area contributed by atoms with Crippen molar-refractivity contribution in [3.05, 3.63) is 47.5 Å². The summed E-state index contributed by atoms with van der Waals surface area (Å²) in [5.41, 5.74) is -1.70. The van der Waals surface area contributed by atoms with Crippen LogP contribution < -0.4 is 0 Å². The summed E-state index contributed by atoms with van der Waals surface area (Å²) < 4.78 is 19.6. The molecule has 7 aliphatic rings. The van der Waals surface area contributed by atoms with E-state index in [1.807, 2.05) is 37.3 Å². The molecule has 1 saturated heterocycles. The first-order valence-electron chi connectivity index (χ1n) is 23.3. The van der Waals surface area contributed by atoms with E-state index in [1.54, 1.807) is 0 Å². The maximum Gasteiger partial charge on any atom is 0.312 e. The summed E-state index contributed by atoms with van der Waals surface area (Å²) in [6.07, 6.45) is 5.97. The molecule has 6 aliphatic carbocycles. The number of rotatable bonds is 12. The molecule has 0 amide bonds. The molecule has 11 nitrogen and oxygen atoms in total. The number of ether oxygens (including phenoxy) is 3. The maximum absolute atomic E-state index is 13.8. The van der Waals surface area contributed by atoms with Crippen molar-refractivity contribution in [2.75, 3.05) is 19.8 Å². The average molecular weight is 839 g/mol. The highest BCUT2D eigenvalue weighted by Gasteiger charge is 2.80. The number of aliphatic carboxylic acids is 1. The minimum atomic E-state index is -1.49. The van der Waals surface area contributed by atoms with E-state index < -0.39 is 65.1 Å².